The Morgan fingerprint density at radius 1 is 1.42 bits per heavy atom. The molecule has 1 rings (SSSR count). The van der Waals surface area contributed by atoms with E-state index >= 15 is 0 Å². The van der Waals surface area contributed by atoms with E-state index in [1.165, 1.54) is 0 Å². The van der Waals surface area contributed by atoms with Crippen LogP contribution in [-0.4, -0.2) is 11.3 Å². The van der Waals surface area contributed by atoms with Crippen molar-refractivity contribution in [3.8, 4) is 5.75 Å². The minimum atomic E-state index is 0.661. The molecule has 0 bridgehead atoms. The summed E-state index contributed by atoms with van der Waals surface area (Å²) in [6.45, 7) is 2.60. The topological polar surface area (TPSA) is 55.5 Å². The van der Waals surface area contributed by atoms with Gasteiger partial charge in [0.05, 0.1) is 24.2 Å². The van der Waals surface area contributed by atoms with Gasteiger partial charge in [-0.1, -0.05) is 12.1 Å². The molecule has 0 aliphatic carbocycles. The van der Waals surface area contributed by atoms with E-state index in [4.69, 9.17) is 15.1 Å². The van der Waals surface area contributed by atoms with Gasteiger partial charge in [-0.3, -0.25) is 4.66 Å². The number of hydrogen-bond donors (Lipinski definition) is 2. The molecule has 0 fully saturated rings. The van der Waals surface area contributed by atoms with E-state index in [-0.39, 0.29) is 0 Å². The summed E-state index contributed by atoms with van der Waals surface area (Å²) in [7, 11) is 0. The van der Waals surface area contributed by atoms with Crippen molar-refractivity contribution in [2.24, 2.45) is 0 Å². The molecule has 0 aliphatic heterocycles. The standard InChI is InChI=1S/C8H11NO.ClHO/c1-2-10-8-6-4-3-5-7(8)9;1-2/h3-6H,2,9H2,1H3;2H. The first-order valence-corrected chi connectivity index (χ1v) is 3.82. The van der Waals surface area contributed by atoms with Crippen molar-refractivity contribution in [2.45, 2.75) is 6.92 Å². The summed E-state index contributed by atoms with van der Waals surface area (Å²) in [5.74, 6) is 0.769. The summed E-state index contributed by atoms with van der Waals surface area (Å²) in [6.07, 6.45) is 0. The number of benzene rings is 1. The van der Waals surface area contributed by atoms with E-state index in [9.17, 15) is 0 Å². The fraction of sp³-hybridized carbons (Fsp3) is 0.250. The van der Waals surface area contributed by atoms with Crippen LogP contribution in [0.4, 0.5) is 5.69 Å². The summed E-state index contributed by atoms with van der Waals surface area (Å²) >= 11 is 3.64. The second-order valence-corrected chi connectivity index (χ2v) is 1.97. The largest absolute Gasteiger partial charge is 0.492 e. The molecule has 3 nitrogen and oxygen atoms in total. The Hall–Kier alpha value is -0.930. The minimum Gasteiger partial charge on any atom is -0.492 e. The molecule has 3 N–H and O–H groups in total. The van der Waals surface area contributed by atoms with Gasteiger partial charge >= 0.3 is 0 Å². The van der Waals surface area contributed by atoms with Gasteiger partial charge in [-0.15, -0.1) is 0 Å². The number of hydrogen-bond acceptors (Lipinski definition) is 3. The van der Waals surface area contributed by atoms with Crippen molar-refractivity contribution in [2.75, 3.05) is 12.3 Å². The van der Waals surface area contributed by atoms with Gasteiger partial charge in [0.1, 0.15) is 5.75 Å². The molecule has 1 aromatic rings. The SMILES string of the molecule is CCOc1ccccc1N.OCl. The van der Waals surface area contributed by atoms with E-state index in [1.54, 1.807) is 0 Å². The van der Waals surface area contributed by atoms with Gasteiger partial charge in [-0.2, -0.15) is 0 Å². The lowest BCUT2D eigenvalue weighted by atomic mass is 10.3. The van der Waals surface area contributed by atoms with Crippen molar-refractivity contribution >= 4 is 17.6 Å². The number of ether oxygens (including phenoxy) is 1. The Morgan fingerprint density at radius 3 is 2.50 bits per heavy atom. The maximum absolute atomic E-state index is 6.47. The van der Waals surface area contributed by atoms with E-state index < -0.39 is 0 Å². The Bertz CT molecular complexity index is 218. The average Bonchev–Trinajstić information content (AvgIpc) is 2.13. The summed E-state index contributed by atoms with van der Waals surface area (Å²) in [4.78, 5) is 0. The summed E-state index contributed by atoms with van der Waals surface area (Å²) < 4.78 is 11.7. The second kappa shape index (κ2) is 6.76. The fourth-order valence-electron chi connectivity index (χ4n) is 0.767. The van der Waals surface area contributed by atoms with Crippen LogP contribution in [0.1, 0.15) is 6.92 Å². The zero-order valence-corrected chi connectivity index (χ0v) is 7.58. The highest BCUT2D eigenvalue weighted by atomic mass is 35.5. The maximum atomic E-state index is 6.47. The molecule has 68 valence electrons. The highest BCUT2D eigenvalue weighted by molar-refractivity contribution is 6.04. The van der Waals surface area contributed by atoms with Gasteiger partial charge in [0.15, 0.2) is 0 Å². The van der Waals surface area contributed by atoms with Crippen molar-refractivity contribution < 1.29 is 9.40 Å². The van der Waals surface area contributed by atoms with E-state index in [0.29, 0.717) is 12.3 Å². The van der Waals surface area contributed by atoms with Crippen LogP contribution in [0.25, 0.3) is 0 Å². The van der Waals surface area contributed by atoms with Crippen LogP contribution in [0.15, 0.2) is 24.3 Å². The molecule has 4 heteroatoms. The molecule has 0 heterocycles. The molecule has 0 radical (unpaired) electrons. The zero-order valence-electron chi connectivity index (χ0n) is 6.83. The third-order valence-corrected chi connectivity index (χ3v) is 1.22. The molecular formula is C8H12ClNO2. The average molecular weight is 190 g/mol. The van der Waals surface area contributed by atoms with Crippen molar-refractivity contribution in [3.63, 3.8) is 0 Å². The van der Waals surface area contributed by atoms with Crippen LogP contribution in [0.2, 0.25) is 0 Å². The normalized spacial score (nSPS) is 8.25. The van der Waals surface area contributed by atoms with Gasteiger partial charge < -0.3 is 10.5 Å². The molecule has 0 spiro atoms. The molecule has 1 aromatic carbocycles. The van der Waals surface area contributed by atoms with Crippen LogP contribution >= 0.6 is 11.9 Å². The lowest BCUT2D eigenvalue weighted by Crippen LogP contribution is -1.95. The number of halogens is 1. The number of rotatable bonds is 2. The zero-order chi connectivity index (χ0) is 9.40. The Labute approximate surface area is 76.9 Å². The fourth-order valence-corrected chi connectivity index (χ4v) is 0.767. The Balaban J connectivity index is 0.000000561. The van der Waals surface area contributed by atoms with Crippen LogP contribution in [0, 0.1) is 0 Å². The molecule has 0 saturated carbocycles. The highest BCUT2D eigenvalue weighted by Gasteiger charge is 1.93. The molecule has 0 unspecified atom stereocenters. The lowest BCUT2D eigenvalue weighted by molar-refractivity contribution is 0.342. The molecular weight excluding hydrogens is 178 g/mol. The van der Waals surface area contributed by atoms with Crippen LogP contribution in [0.3, 0.4) is 0 Å². The minimum absolute atomic E-state index is 0.661. The van der Waals surface area contributed by atoms with E-state index in [2.05, 4.69) is 11.9 Å². The van der Waals surface area contributed by atoms with Gasteiger partial charge in [0.2, 0.25) is 0 Å². The van der Waals surface area contributed by atoms with Crippen LogP contribution in [0.5, 0.6) is 5.75 Å². The van der Waals surface area contributed by atoms with E-state index in [0.717, 1.165) is 5.75 Å². The van der Waals surface area contributed by atoms with Crippen LogP contribution < -0.4 is 10.5 Å². The van der Waals surface area contributed by atoms with E-state index in [1.807, 2.05) is 31.2 Å². The van der Waals surface area contributed by atoms with Crippen molar-refractivity contribution in [3.05, 3.63) is 24.3 Å². The van der Waals surface area contributed by atoms with Gasteiger partial charge in [0, 0.05) is 0 Å². The third kappa shape index (κ3) is 3.46. The predicted molar refractivity (Wildman–Crippen MR) is 50.1 cm³/mol. The lowest BCUT2D eigenvalue weighted by Gasteiger charge is -2.04. The molecule has 0 saturated heterocycles. The first-order chi connectivity index (χ1) is 5.84. The molecule has 0 aliphatic rings. The second-order valence-electron chi connectivity index (χ2n) is 1.97. The number of anilines is 1. The third-order valence-electron chi connectivity index (χ3n) is 1.22. The first kappa shape index (κ1) is 11.1. The molecule has 12 heavy (non-hydrogen) atoms. The highest BCUT2D eigenvalue weighted by Crippen LogP contribution is 2.18. The van der Waals surface area contributed by atoms with Crippen molar-refractivity contribution in [1.29, 1.82) is 0 Å². The van der Waals surface area contributed by atoms with Gasteiger partial charge in [-0.25, -0.2) is 0 Å². The van der Waals surface area contributed by atoms with Gasteiger partial charge in [-0.05, 0) is 19.1 Å². The quantitative estimate of drug-likeness (QED) is 0.698. The smallest absolute Gasteiger partial charge is 0.142 e. The molecule has 0 amide bonds. The number of para-hydroxylation sites is 2. The summed E-state index contributed by atoms with van der Waals surface area (Å²) in [5.41, 5.74) is 6.28. The maximum Gasteiger partial charge on any atom is 0.142 e. The number of nitrogen functional groups attached to an aromatic ring is 1. The summed E-state index contributed by atoms with van der Waals surface area (Å²) in [5, 5.41) is 0. The Kier molecular flexibility index (Phi) is 6.24. The Morgan fingerprint density at radius 2 is 2.00 bits per heavy atom. The van der Waals surface area contributed by atoms with Crippen molar-refractivity contribution in [1.82, 2.24) is 0 Å². The predicted octanol–water partition coefficient (Wildman–Crippen LogP) is 1.80. The first-order valence-electron chi connectivity index (χ1n) is 3.48. The molecule has 0 aromatic heterocycles. The number of nitrogens with two attached hydrogens (primary N) is 1. The molecule has 0 atom stereocenters. The van der Waals surface area contributed by atoms with Crippen LogP contribution in [-0.2, 0) is 0 Å². The summed E-state index contributed by atoms with van der Waals surface area (Å²) in [6, 6.07) is 7.48. The van der Waals surface area contributed by atoms with Gasteiger partial charge in [0.25, 0.3) is 0 Å². The monoisotopic (exact) mass is 189 g/mol.